The van der Waals surface area contributed by atoms with E-state index in [1.54, 1.807) is 4.90 Å². The molecule has 0 aromatic rings. The number of hydrogen-bond donors (Lipinski definition) is 0. The van der Waals surface area contributed by atoms with E-state index >= 15 is 0 Å². The fourth-order valence-electron chi connectivity index (χ4n) is 3.19. The molecule has 2 amide bonds. The van der Waals surface area contributed by atoms with Crippen molar-refractivity contribution in [2.45, 2.75) is 51.2 Å². The van der Waals surface area contributed by atoms with Gasteiger partial charge in [0.25, 0.3) is 0 Å². The molecular weight excluding hydrogens is 242 g/mol. The first-order chi connectivity index (χ1) is 8.93. The lowest BCUT2D eigenvalue weighted by Gasteiger charge is -2.44. The molecule has 2 aliphatic heterocycles. The second-order valence-electron chi connectivity index (χ2n) is 6.05. The summed E-state index contributed by atoms with van der Waals surface area (Å²) in [6, 6.07) is -0.374. The molecule has 5 heteroatoms. The van der Waals surface area contributed by atoms with Crippen molar-refractivity contribution in [3.05, 3.63) is 0 Å². The number of piperazine rings is 1. The first-order valence-electron chi connectivity index (χ1n) is 7.21. The van der Waals surface area contributed by atoms with Gasteiger partial charge in [-0.3, -0.25) is 9.59 Å². The highest BCUT2D eigenvalue weighted by Gasteiger charge is 2.47. The molecule has 2 aliphatic rings. The molecule has 0 aromatic heterocycles. The van der Waals surface area contributed by atoms with E-state index in [9.17, 15) is 9.59 Å². The first kappa shape index (κ1) is 14.3. The Balaban J connectivity index is 2.10. The summed E-state index contributed by atoms with van der Waals surface area (Å²) in [5, 5.41) is 0. The predicted octanol–water partition coefficient (Wildman–Crippen LogP) is 0.548. The van der Waals surface area contributed by atoms with Crippen LogP contribution >= 0.6 is 0 Å². The minimum absolute atomic E-state index is 0.122. The maximum atomic E-state index is 12.6. The number of fused-ring (bicyclic) bond motifs is 1. The SMILES string of the molecule is CC(CCN(C)C)N1C(=O)C2CCCN2C(=O)C1C. The summed E-state index contributed by atoms with van der Waals surface area (Å²) in [6.45, 7) is 5.59. The first-order valence-corrected chi connectivity index (χ1v) is 7.21. The second kappa shape index (κ2) is 5.49. The highest BCUT2D eigenvalue weighted by atomic mass is 16.2. The predicted molar refractivity (Wildman–Crippen MR) is 73.7 cm³/mol. The number of rotatable bonds is 4. The van der Waals surface area contributed by atoms with Crippen LogP contribution in [0.3, 0.4) is 0 Å². The van der Waals surface area contributed by atoms with Crippen molar-refractivity contribution in [3.63, 3.8) is 0 Å². The lowest BCUT2D eigenvalue weighted by atomic mass is 10.0. The lowest BCUT2D eigenvalue weighted by Crippen LogP contribution is -2.64. The van der Waals surface area contributed by atoms with E-state index in [1.165, 1.54) is 0 Å². The van der Waals surface area contributed by atoms with Crippen LogP contribution in [0.5, 0.6) is 0 Å². The van der Waals surface area contributed by atoms with E-state index in [4.69, 9.17) is 0 Å². The van der Waals surface area contributed by atoms with E-state index in [2.05, 4.69) is 11.8 Å². The minimum atomic E-state index is -0.306. The molecule has 108 valence electrons. The van der Waals surface area contributed by atoms with Gasteiger partial charge in [-0.2, -0.15) is 0 Å². The van der Waals surface area contributed by atoms with Crippen LogP contribution in [0.15, 0.2) is 0 Å². The van der Waals surface area contributed by atoms with Crippen molar-refractivity contribution in [1.82, 2.24) is 14.7 Å². The normalized spacial score (nSPS) is 29.1. The zero-order chi connectivity index (χ0) is 14.2. The Bertz CT molecular complexity index is 370. The summed E-state index contributed by atoms with van der Waals surface area (Å²) in [5.74, 6) is 0.273. The molecule has 3 unspecified atom stereocenters. The molecule has 2 saturated heterocycles. The Morgan fingerprint density at radius 3 is 2.63 bits per heavy atom. The van der Waals surface area contributed by atoms with Gasteiger partial charge in [-0.25, -0.2) is 0 Å². The van der Waals surface area contributed by atoms with Crippen molar-refractivity contribution in [3.8, 4) is 0 Å². The van der Waals surface area contributed by atoms with Gasteiger partial charge in [-0.1, -0.05) is 0 Å². The summed E-state index contributed by atoms with van der Waals surface area (Å²) < 4.78 is 0. The molecule has 0 aromatic carbocycles. The number of hydrogen-bond acceptors (Lipinski definition) is 3. The number of amides is 2. The fourth-order valence-corrected chi connectivity index (χ4v) is 3.19. The molecule has 0 N–H and O–H groups in total. The third-order valence-corrected chi connectivity index (χ3v) is 4.32. The molecule has 5 nitrogen and oxygen atoms in total. The molecule has 2 heterocycles. The monoisotopic (exact) mass is 267 g/mol. The largest absolute Gasteiger partial charge is 0.329 e. The maximum absolute atomic E-state index is 12.6. The topological polar surface area (TPSA) is 43.9 Å². The summed E-state index contributed by atoms with van der Waals surface area (Å²) >= 11 is 0. The quantitative estimate of drug-likeness (QED) is 0.747. The van der Waals surface area contributed by atoms with Gasteiger partial charge in [0.1, 0.15) is 12.1 Å². The van der Waals surface area contributed by atoms with Gasteiger partial charge < -0.3 is 14.7 Å². The van der Waals surface area contributed by atoms with Crippen molar-refractivity contribution in [1.29, 1.82) is 0 Å². The third-order valence-electron chi connectivity index (χ3n) is 4.32. The molecule has 0 aliphatic carbocycles. The fraction of sp³-hybridized carbons (Fsp3) is 0.857. The molecule has 0 radical (unpaired) electrons. The Hall–Kier alpha value is -1.10. The zero-order valence-corrected chi connectivity index (χ0v) is 12.4. The van der Waals surface area contributed by atoms with Gasteiger partial charge in [-0.05, 0) is 53.8 Å². The Labute approximate surface area is 115 Å². The number of nitrogens with zero attached hydrogens (tertiary/aromatic N) is 3. The smallest absolute Gasteiger partial charge is 0.246 e. The molecule has 0 bridgehead atoms. The Morgan fingerprint density at radius 1 is 1.32 bits per heavy atom. The van der Waals surface area contributed by atoms with Gasteiger partial charge in [0.2, 0.25) is 11.8 Å². The van der Waals surface area contributed by atoms with E-state index in [-0.39, 0.29) is 29.9 Å². The number of carbonyl (C=O) groups is 2. The van der Waals surface area contributed by atoms with E-state index in [0.717, 1.165) is 32.4 Å². The van der Waals surface area contributed by atoms with E-state index in [0.29, 0.717) is 0 Å². The van der Waals surface area contributed by atoms with E-state index in [1.807, 2.05) is 25.9 Å². The van der Waals surface area contributed by atoms with Crippen LogP contribution in [0.25, 0.3) is 0 Å². The van der Waals surface area contributed by atoms with Crippen molar-refractivity contribution in [2.24, 2.45) is 0 Å². The lowest BCUT2D eigenvalue weighted by molar-refractivity contribution is -0.161. The Morgan fingerprint density at radius 2 is 2.00 bits per heavy atom. The maximum Gasteiger partial charge on any atom is 0.246 e. The standard InChI is InChI=1S/C14H25N3O2/c1-10(7-9-15(3)4)17-11(2)13(18)16-8-5-6-12(16)14(17)19/h10-12H,5-9H2,1-4H3. The summed E-state index contributed by atoms with van der Waals surface area (Å²) in [6.07, 6.45) is 2.69. The average molecular weight is 267 g/mol. The third kappa shape index (κ3) is 2.61. The van der Waals surface area contributed by atoms with Gasteiger partial charge in [-0.15, -0.1) is 0 Å². The van der Waals surface area contributed by atoms with Crippen molar-refractivity contribution in [2.75, 3.05) is 27.2 Å². The zero-order valence-electron chi connectivity index (χ0n) is 12.4. The van der Waals surface area contributed by atoms with Gasteiger partial charge in [0.05, 0.1) is 0 Å². The average Bonchev–Trinajstić information content (AvgIpc) is 2.83. The molecule has 2 rings (SSSR count). The van der Waals surface area contributed by atoms with Crippen LogP contribution in [0.2, 0.25) is 0 Å². The molecule has 0 saturated carbocycles. The molecule has 0 spiro atoms. The van der Waals surface area contributed by atoms with Crippen LogP contribution in [-0.4, -0.2) is 71.8 Å². The van der Waals surface area contributed by atoms with Crippen LogP contribution in [0, 0.1) is 0 Å². The summed E-state index contributed by atoms with van der Waals surface area (Å²) in [5.41, 5.74) is 0. The van der Waals surface area contributed by atoms with Gasteiger partial charge in [0, 0.05) is 12.6 Å². The summed E-state index contributed by atoms with van der Waals surface area (Å²) in [4.78, 5) is 30.6. The van der Waals surface area contributed by atoms with Crippen molar-refractivity contribution >= 4 is 11.8 Å². The van der Waals surface area contributed by atoms with Crippen LogP contribution in [0.4, 0.5) is 0 Å². The van der Waals surface area contributed by atoms with Gasteiger partial charge in [0.15, 0.2) is 0 Å². The Kier molecular flexibility index (Phi) is 4.13. The van der Waals surface area contributed by atoms with Crippen LogP contribution in [-0.2, 0) is 9.59 Å². The molecule has 3 atom stereocenters. The highest BCUT2D eigenvalue weighted by molar-refractivity contribution is 5.97. The molecule has 2 fully saturated rings. The second-order valence-corrected chi connectivity index (χ2v) is 6.05. The highest BCUT2D eigenvalue weighted by Crippen LogP contribution is 2.28. The van der Waals surface area contributed by atoms with Crippen LogP contribution in [0.1, 0.15) is 33.1 Å². The number of carbonyl (C=O) groups excluding carboxylic acids is 2. The van der Waals surface area contributed by atoms with Crippen molar-refractivity contribution < 1.29 is 9.59 Å². The minimum Gasteiger partial charge on any atom is -0.329 e. The molecule has 19 heavy (non-hydrogen) atoms. The van der Waals surface area contributed by atoms with Gasteiger partial charge >= 0.3 is 0 Å². The van der Waals surface area contributed by atoms with E-state index < -0.39 is 0 Å². The van der Waals surface area contributed by atoms with Crippen LogP contribution < -0.4 is 0 Å². The molecular formula is C14H25N3O2. The summed E-state index contributed by atoms with van der Waals surface area (Å²) in [7, 11) is 4.05.